The molecule has 0 aliphatic rings. The topological polar surface area (TPSA) is 35.2 Å². The Bertz CT molecular complexity index is 584. The summed E-state index contributed by atoms with van der Waals surface area (Å²) >= 11 is 12.0. The third-order valence-corrected chi connectivity index (χ3v) is 3.27. The van der Waals surface area contributed by atoms with E-state index in [1.807, 2.05) is 19.1 Å². The lowest BCUT2D eigenvalue weighted by atomic mass is 10.1. The average molecular weight is 296 g/mol. The SMILES string of the molecule is Cc1ccc(Oc2ccc(Cl)cc2Cl)c(CCN)c1. The van der Waals surface area contributed by atoms with Crippen molar-refractivity contribution in [3.63, 3.8) is 0 Å². The molecule has 2 nitrogen and oxygen atoms in total. The Kier molecular flexibility index (Phi) is 4.70. The van der Waals surface area contributed by atoms with Gasteiger partial charge in [-0.3, -0.25) is 0 Å². The molecule has 0 saturated heterocycles. The Hall–Kier alpha value is -1.22. The van der Waals surface area contributed by atoms with E-state index >= 15 is 0 Å². The number of halogens is 2. The van der Waals surface area contributed by atoms with Gasteiger partial charge in [-0.15, -0.1) is 0 Å². The molecule has 0 bridgehead atoms. The van der Waals surface area contributed by atoms with Crippen LogP contribution in [0.5, 0.6) is 11.5 Å². The van der Waals surface area contributed by atoms with Crippen LogP contribution < -0.4 is 10.5 Å². The van der Waals surface area contributed by atoms with Crippen LogP contribution in [0.15, 0.2) is 36.4 Å². The summed E-state index contributed by atoms with van der Waals surface area (Å²) in [7, 11) is 0. The first-order chi connectivity index (χ1) is 9.10. The fourth-order valence-corrected chi connectivity index (χ4v) is 2.28. The number of hydrogen-bond donors (Lipinski definition) is 1. The fourth-order valence-electron chi connectivity index (χ4n) is 1.84. The molecule has 4 heteroatoms. The predicted octanol–water partition coefficient (Wildman–Crippen LogP) is 4.60. The summed E-state index contributed by atoms with van der Waals surface area (Å²) in [6.07, 6.45) is 0.766. The van der Waals surface area contributed by atoms with Crippen LogP contribution in [0.1, 0.15) is 11.1 Å². The second-order valence-electron chi connectivity index (χ2n) is 4.33. The molecule has 2 rings (SSSR count). The van der Waals surface area contributed by atoms with Crippen LogP contribution >= 0.6 is 23.2 Å². The zero-order chi connectivity index (χ0) is 13.8. The monoisotopic (exact) mass is 295 g/mol. The normalized spacial score (nSPS) is 10.5. The largest absolute Gasteiger partial charge is 0.456 e. The second kappa shape index (κ2) is 6.29. The molecule has 0 amide bonds. The molecule has 0 radical (unpaired) electrons. The van der Waals surface area contributed by atoms with Crippen molar-refractivity contribution in [1.29, 1.82) is 0 Å². The number of benzene rings is 2. The lowest BCUT2D eigenvalue weighted by Crippen LogP contribution is -2.04. The molecule has 0 atom stereocenters. The maximum Gasteiger partial charge on any atom is 0.146 e. The molecule has 2 aromatic carbocycles. The molecular formula is C15H15Cl2NO. The summed E-state index contributed by atoms with van der Waals surface area (Å²) in [4.78, 5) is 0. The third kappa shape index (κ3) is 3.63. The van der Waals surface area contributed by atoms with Gasteiger partial charge in [0.1, 0.15) is 11.5 Å². The Morgan fingerprint density at radius 2 is 1.79 bits per heavy atom. The minimum Gasteiger partial charge on any atom is -0.456 e. The smallest absolute Gasteiger partial charge is 0.146 e. The summed E-state index contributed by atoms with van der Waals surface area (Å²) in [6, 6.07) is 11.2. The van der Waals surface area contributed by atoms with E-state index in [0.717, 1.165) is 17.7 Å². The lowest BCUT2D eigenvalue weighted by molar-refractivity contribution is 0.476. The fraction of sp³-hybridized carbons (Fsp3) is 0.200. The van der Waals surface area contributed by atoms with Gasteiger partial charge in [0.2, 0.25) is 0 Å². The van der Waals surface area contributed by atoms with Crippen LogP contribution in [0.25, 0.3) is 0 Å². The first kappa shape index (κ1) is 14.2. The number of hydrogen-bond acceptors (Lipinski definition) is 2. The highest BCUT2D eigenvalue weighted by molar-refractivity contribution is 6.35. The van der Waals surface area contributed by atoms with Crippen molar-refractivity contribution in [1.82, 2.24) is 0 Å². The van der Waals surface area contributed by atoms with Crippen molar-refractivity contribution >= 4 is 23.2 Å². The van der Waals surface area contributed by atoms with Gasteiger partial charge in [-0.25, -0.2) is 0 Å². The van der Waals surface area contributed by atoms with E-state index in [0.29, 0.717) is 22.3 Å². The van der Waals surface area contributed by atoms with Crippen LogP contribution in [-0.4, -0.2) is 6.54 Å². The predicted molar refractivity (Wildman–Crippen MR) is 80.5 cm³/mol. The van der Waals surface area contributed by atoms with Gasteiger partial charge >= 0.3 is 0 Å². The average Bonchev–Trinajstić information content (AvgIpc) is 2.36. The van der Waals surface area contributed by atoms with Gasteiger partial charge in [-0.2, -0.15) is 0 Å². The van der Waals surface area contributed by atoms with Gasteiger partial charge in [-0.05, 0) is 49.7 Å². The molecule has 19 heavy (non-hydrogen) atoms. The van der Waals surface area contributed by atoms with Crippen molar-refractivity contribution in [2.75, 3.05) is 6.54 Å². The number of ether oxygens (including phenoxy) is 1. The summed E-state index contributed by atoms with van der Waals surface area (Å²) in [5.41, 5.74) is 7.88. The van der Waals surface area contributed by atoms with E-state index in [2.05, 4.69) is 6.07 Å². The Morgan fingerprint density at radius 3 is 2.47 bits per heavy atom. The van der Waals surface area contributed by atoms with Crippen LogP contribution in [0.2, 0.25) is 10.0 Å². The number of aryl methyl sites for hydroxylation is 1. The summed E-state index contributed by atoms with van der Waals surface area (Å²) in [6.45, 7) is 2.62. The molecule has 2 N–H and O–H groups in total. The molecule has 0 fully saturated rings. The van der Waals surface area contributed by atoms with Crippen molar-refractivity contribution in [2.45, 2.75) is 13.3 Å². The van der Waals surface area contributed by atoms with Gasteiger partial charge in [0, 0.05) is 5.02 Å². The quantitative estimate of drug-likeness (QED) is 0.895. The van der Waals surface area contributed by atoms with Gasteiger partial charge in [0.15, 0.2) is 0 Å². The summed E-state index contributed by atoms with van der Waals surface area (Å²) < 4.78 is 5.86. The Labute approximate surface area is 123 Å². The van der Waals surface area contributed by atoms with Crippen molar-refractivity contribution < 1.29 is 4.74 Å². The molecule has 2 aromatic rings. The standard InChI is InChI=1S/C15H15Cl2NO/c1-10-2-4-14(11(8-10)6-7-18)19-15-5-3-12(16)9-13(15)17/h2-5,8-9H,6-7,18H2,1H3. The second-order valence-corrected chi connectivity index (χ2v) is 5.17. The van der Waals surface area contributed by atoms with Crippen LogP contribution in [0.3, 0.4) is 0 Å². The van der Waals surface area contributed by atoms with E-state index in [4.69, 9.17) is 33.7 Å². The molecule has 0 unspecified atom stereocenters. The minimum atomic E-state index is 0.492. The molecule has 0 aliphatic heterocycles. The van der Waals surface area contributed by atoms with E-state index < -0.39 is 0 Å². The molecule has 0 aliphatic carbocycles. The minimum absolute atomic E-state index is 0.492. The van der Waals surface area contributed by atoms with Gasteiger partial charge in [-0.1, -0.05) is 40.9 Å². The molecule has 0 spiro atoms. The van der Waals surface area contributed by atoms with E-state index in [-0.39, 0.29) is 0 Å². The van der Waals surface area contributed by atoms with Gasteiger partial charge in [0.25, 0.3) is 0 Å². The van der Waals surface area contributed by atoms with Crippen molar-refractivity contribution in [3.8, 4) is 11.5 Å². The maximum atomic E-state index is 6.11. The summed E-state index contributed by atoms with van der Waals surface area (Å²) in [5, 5.41) is 1.08. The highest BCUT2D eigenvalue weighted by Crippen LogP contribution is 2.33. The third-order valence-electron chi connectivity index (χ3n) is 2.74. The molecule has 100 valence electrons. The lowest BCUT2D eigenvalue weighted by Gasteiger charge is -2.12. The van der Waals surface area contributed by atoms with E-state index in [1.54, 1.807) is 18.2 Å². The summed E-state index contributed by atoms with van der Waals surface area (Å²) in [5.74, 6) is 1.37. The van der Waals surface area contributed by atoms with Crippen LogP contribution in [0, 0.1) is 6.92 Å². The van der Waals surface area contributed by atoms with Gasteiger partial charge in [0.05, 0.1) is 5.02 Å². The van der Waals surface area contributed by atoms with Crippen molar-refractivity contribution in [2.24, 2.45) is 5.73 Å². The molecule has 0 aromatic heterocycles. The van der Waals surface area contributed by atoms with Crippen molar-refractivity contribution in [3.05, 3.63) is 57.6 Å². The zero-order valence-electron chi connectivity index (χ0n) is 10.6. The van der Waals surface area contributed by atoms with Crippen LogP contribution in [-0.2, 0) is 6.42 Å². The van der Waals surface area contributed by atoms with Gasteiger partial charge < -0.3 is 10.5 Å². The molecule has 0 heterocycles. The molecular weight excluding hydrogens is 281 g/mol. The Balaban J connectivity index is 2.32. The first-order valence-electron chi connectivity index (χ1n) is 6.02. The van der Waals surface area contributed by atoms with Crippen LogP contribution in [0.4, 0.5) is 0 Å². The van der Waals surface area contributed by atoms with E-state index in [1.165, 1.54) is 5.56 Å². The van der Waals surface area contributed by atoms with E-state index in [9.17, 15) is 0 Å². The molecule has 0 saturated carbocycles. The highest BCUT2D eigenvalue weighted by atomic mass is 35.5. The maximum absolute atomic E-state index is 6.11. The Morgan fingerprint density at radius 1 is 1.05 bits per heavy atom. The number of nitrogens with two attached hydrogens (primary N) is 1. The number of rotatable bonds is 4. The zero-order valence-corrected chi connectivity index (χ0v) is 12.1. The highest BCUT2D eigenvalue weighted by Gasteiger charge is 2.08. The first-order valence-corrected chi connectivity index (χ1v) is 6.78.